The number of rotatable bonds is 11. The molecule has 290 valence electrons. The zero-order valence-corrected chi connectivity index (χ0v) is 33.4. The predicted octanol–water partition coefficient (Wildman–Crippen LogP) is 14.9. The van der Waals surface area contributed by atoms with Gasteiger partial charge in [-0.15, -0.1) is 0 Å². The minimum absolute atomic E-state index is 0.993. The van der Waals surface area contributed by atoms with E-state index in [0.29, 0.717) is 0 Å². The summed E-state index contributed by atoms with van der Waals surface area (Å²) in [6.45, 7) is 0. The summed E-state index contributed by atoms with van der Waals surface area (Å²) in [4.78, 5) is 13.4. The van der Waals surface area contributed by atoms with E-state index in [1.807, 2.05) is 49.1 Å². The zero-order valence-electron chi connectivity index (χ0n) is 33.4. The summed E-state index contributed by atoms with van der Waals surface area (Å²) in [5.41, 5.74) is 16.5. The van der Waals surface area contributed by atoms with Crippen molar-refractivity contribution >= 4 is 34.1 Å². The number of aromatic nitrogens is 3. The lowest BCUT2D eigenvalue weighted by atomic mass is 10.0. The SMILES string of the molecule is c1ccc(-c2ccc(N(c3ccc(-c4ccc(-c5ccc(N(c6ccc(-c7ccccc7)cc6)c6cccnc6)cc5)n4-c4ccccc4)cc3)c3cccnc3)cc2)cc1. The van der Waals surface area contributed by atoms with Gasteiger partial charge in [0.05, 0.1) is 35.2 Å². The molecule has 5 nitrogen and oxygen atoms in total. The number of pyridine rings is 2. The van der Waals surface area contributed by atoms with Crippen LogP contribution < -0.4 is 9.80 Å². The summed E-state index contributed by atoms with van der Waals surface area (Å²) < 4.78 is 2.35. The van der Waals surface area contributed by atoms with E-state index in [0.717, 1.165) is 62.3 Å². The summed E-state index contributed by atoms with van der Waals surface area (Å²) >= 11 is 0. The van der Waals surface area contributed by atoms with Gasteiger partial charge < -0.3 is 14.4 Å². The normalized spacial score (nSPS) is 11.0. The maximum Gasteiger partial charge on any atom is 0.0644 e. The number of hydrogen-bond acceptors (Lipinski definition) is 4. The van der Waals surface area contributed by atoms with Gasteiger partial charge in [0.15, 0.2) is 0 Å². The summed E-state index contributed by atoms with van der Waals surface area (Å²) in [5, 5.41) is 0. The highest BCUT2D eigenvalue weighted by molar-refractivity contribution is 5.82. The first kappa shape index (κ1) is 37.0. The molecule has 0 aliphatic heterocycles. The molecule has 0 amide bonds. The predicted molar refractivity (Wildman–Crippen MR) is 252 cm³/mol. The Morgan fingerprint density at radius 1 is 0.262 bits per heavy atom. The van der Waals surface area contributed by atoms with Gasteiger partial charge in [-0.1, -0.05) is 127 Å². The van der Waals surface area contributed by atoms with Crippen LogP contribution in [0.15, 0.2) is 249 Å². The van der Waals surface area contributed by atoms with E-state index in [1.165, 1.54) is 22.3 Å². The minimum Gasteiger partial charge on any atom is -0.309 e. The Morgan fingerprint density at radius 2 is 0.590 bits per heavy atom. The summed E-state index contributed by atoms with van der Waals surface area (Å²) in [6, 6.07) is 79.3. The highest BCUT2D eigenvalue weighted by Gasteiger charge is 2.18. The van der Waals surface area contributed by atoms with E-state index in [4.69, 9.17) is 0 Å². The molecule has 0 spiro atoms. The van der Waals surface area contributed by atoms with E-state index >= 15 is 0 Å². The monoisotopic (exact) mass is 783 g/mol. The lowest BCUT2D eigenvalue weighted by molar-refractivity contribution is 1.09. The van der Waals surface area contributed by atoms with E-state index in [9.17, 15) is 0 Å². The molecule has 10 rings (SSSR count). The topological polar surface area (TPSA) is 37.2 Å². The second-order valence-corrected chi connectivity index (χ2v) is 14.8. The van der Waals surface area contributed by atoms with E-state index < -0.39 is 0 Å². The van der Waals surface area contributed by atoms with Gasteiger partial charge in [0.1, 0.15) is 0 Å². The number of anilines is 6. The largest absolute Gasteiger partial charge is 0.309 e. The van der Waals surface area contributed by atoms with Crippen LogP contribution in [0.5, 0.6) is 0 Å². The van der Waals surface area contributed by atoms with Crippen molar-refractivity contribution in [3.63, 3.8) is 0 Å². The van der Waals surface area contributed by atoms with E-state index in [-0.39, 0.29) is 0 Å². The van der Waals surface area contributed by atoms with Crippen LogP contribution in [0, 0.1) is 0 Å². The van der Waals surface area contributed by atoms with Crippen molar-refractivity contribution in [1.82, 2.24) is 14.5 Å². The molecule has 7 aromatic carbocycles. The molecule has 10 aromatic rings. The molecule has 0 fully saturated rings. The second kappa shape index (κ2) is 16.9. The number of hydrogen-bond donors (Lipinski definition) is 0. The fourth-order valence-electron chi connectivity index (χ4n) is 8.04. The molecule has 61 heavy (non-hydrogen) atoms. The lowest BCUT2D eigenvalue weighted by Gasteiger charge is -2.26. The Hall–Kier alpha value is -8.28. The van der Waals surface area contributed by atoms with E-state index in [1.54, 1.807) is 0 Å². The smallest absolute Gasteiger partial charge is 0.0644 e. The molecule has 0 radical (unpaired) electrons. The molecule has 0 bridgehead atoms. The van der Waals surface area contributed by atoms with Crippen molar-refractivity contribution in [1.29, 1.82) is 0 Å². The standard InChI is InChI=1S/C56H41N5/c1-4-12-42(13-5-1)44-20-28-49(29-21-44)59(53-18-10-38-57-40-53)51-32-24-46(25-33-51)55-36-37-56(61(55)48-16-8-3-9-17-48)47-26-34-52(35-27-47)60(54-19-11-39-58-41-54)50-30-22-45(23-31-50)43-14-6-2-7-15-43/h1-41H. The number of nitrogens with zero attached hydrogens (tertiary/aromatic N) is 5. The first-order chi connectivity index (χ1) is 30.3. The van der Waals surface area contributed by atoms with Crippen LogP contribution in [-0.4, -0.2) is 14.5 Å². The van der Waals surface area contributed by atoms with Gasteiger partial charge in [-0.25, -0.2) is 0 Å². The Balaban J connectivity index is 0.989. The first-order valence-corrected chi connectivity index (χ1v) is 20.5. The molecule has 0 atom stereocenters. The molecule has 3 heterocycles. The average Bonchev–Trinajstić information content (AvgIpc) is 3.80. The van der Waals surface area contributed by atoms with Gasteiger partial charge >= 0.3 is 0 Å². The number of para-hydroxylation sites is 1. The molecule has 0 N–H and O–H groups in total. The highest BCUT2D eigenvalue weighted by atomic mass is 15.2. The second-order valence-electron chi connectivity index (χ2n) is 14.8. The molecule has 0 aliphatic carbocycles. The van der Waals surface area contributed by atoms with Gasteiger partial charge in [0, 0.05) is 40.8 Å². The number of benzene rings is 7. The van der Waals surface area contributed by atoms with Gasteiger partial charge in [0.2, 0.25) is 0 Å². The Morgan fingerprint density at radius 3 is 0.934 bits per heavy atom. The molecular formula is C56H41N5. The maximum atomic E-state index is 4.47. The molecule has 0 aliphatic rings. The highest BCUT2D eigenvalue weighted by Crippen LogP contribution is 2.40. The van der Waals surface area contributed by atoms with Crippen molar-refractivity contribution in [3.05, 3.63) is 249 Å². The third kappa shape index (κ3) is 7.72. The van der Waals surface area contributed by atoms with Gasteiger partial charge in [-0.3, -0.25) is 9.97 Å². The quantitative estimate of drug-likeness (QED) is 0.131. The molecule has 0 saturated carbocycles. The Kier molecular flexibility index (Phi) is 10.3. The van der Waals surface area contributed by atoms with E-state index in [2.05, 4.69) is 225 Å². The lowest BCUT2D eigenvalue weighted by Crippen LogP contribution is -2.10. The third-order valence-electron chi connectivity index (χ3n) is 11.0. The van der Waals surface area contributed by atoms with Crippen LogP contribution in [0.25, 0.3) is 50.5 Å². The third-order valence-corrected chi connectivity index (χ3v) is 11.0. The maximum absolute atomic E-state index is 4.47. The summed E-state index contributed by atoms with van der Waals surface area (Å²) in [7, 11) is 0. The van der Waals surface area contributed by atoms with Crippen LogP contribution in [0.2, 0.25) is 0 Å². The van der Waals surface area contributed by atoms with Crippen LogP contribution in [0.3, 0.4) is 0 Å². The molecule has 3 aromatic heterocycles. The Bertz CT molecular complexity index is 2760. The van der Waals surface area contributed by atoms with Crippen LogP contribution >= 0.6 is 0 Å². The molecule has 0 unspecified atom stereocenters. The summed E-state index contributed by atoms with van der Waals surface area (Å²) in [6.07, 6.45) is 7.45. The van der Waals surface area contributed by atoms with Crippen molar-refractivity contribution in [3.8, 4) is 50.5 Å². The van der Waals surface area contributed by atoms with Gasteiger partial charge in [0.25, 0.3) is 0 Å². The zero-order chi connectivity index (χ0) is 40.8. The first-order valence-electron chi connectivity index (χ1n) is 20.5. The van der Waals surface area contributed by atoms with Crippen LogP contribution in [0.1, 0.15) is 0 Å². The van der Waals surface area contributed by atoms with Crippen molar-refractivity contribution in [2.45, 2.75) is 0 Å². The van der Waals surface area contributed by atoms with Crippen LogP contribution in [0.4, 0.5) is 34.1 Å². The van der Waals surface area contributed by atoms with Crippen molar-refractivity contribution in [2.24, 2.45) is 0 Å². The molecule has 0 saturated heterocycles. The summed E-state index contributed by atoms with van der Waals surface area (Å²) in [5.74, 6) is 0. The minimum atomic E-state index is 0.993. The fraction of sp³-hybridized carbons (Fsp3) is 0. The fourth-order valence-corrected chi connectivity index (χ4v) is 8.04. The Labute approximate surface area is 356 Å². The van der Waals surface area contributed by atoms with Gasteiger partial charge in [-0.05, 0) is 130 Å². The molecule has 5 heteroatoms. The van der Waals surface area contributed by atoms with Crippen molar-refractivity contribution < 1.29 is 0 Å². The molecular weight excluding hydrogens is 743 g/mol. The van der Waals surface area contributed by atoms with Gasteiger partial charge in [-0.2, -0.15) is 0 Å². The average molecular weight is 784 g/mol. The van der Waals surface area contributed by atoms with Crippen molar-refractivity contribution in [2.75, 3.05) is 9.80 Å². The van der Waals surface area contributed by atoms with Crippen LogP contribution in [-0.2, 0) is 0 Å².